The van der Waals surface area contributed by atoms with Crippen molar-refractivity contribution in [3.05, 3.63) is 48.2 Å². The molecule has 25 heavy (non-hydrogen) atoms. The van der Waals surface area contributed by atoms with Gasteiger partial charge in [0, 0.05) is 6.20 Å². The lowest BCUT2D eigenvalue weighted by Gasteiger charge is -2.28. The zero-order chi connectivity index (χ0) is 17.7. The highest BCUT2D eigenvalue weighted by Gasteiger charge is 2.48. The summed E-state index contributed by atoms with van der Waals surface area (Å²) in [5.74, 6) is 0.769. The molecule has 0 saturated heterocycles. The molecule has 1 aliphatic rings. The van der Waals surface area contributed by atoms with Crippen LogP contribution in [0.4, 0.5) is 5.82 Å². The second-order valence-corrected chi connectivity index (χ2v) is 7.85. The van der Waals surface area contributed by atoms with Gasteiger partial charge in [-0.2, -0.15) is 0 Å². The first-order valence-electron chi connectivity index (χ1n) is 9.01. The highest BCUT2D eigenvalue weighted by Crippen LogP contribution is 2.46. The van der Waals surface area contributed by atoms with Crippen molar-refractivity contribution in [2.45, 2.75) is 61.3 Å². The van der Waals surface area contributed by atoms with Crippen LogP contribution >= 0.6 is 11.8 Å². The minimum Gasteiger partial charge on any atom is -0.384 e. The predicted molar refractivity (Wildman–Crippen MR) is 103 cm³/mol. The Balaban J connectivity index is 1.83. The third kappa shape index (κ3) is 3.87. The molecule has 1 aliphatic carbocycles. The Bertz CT molecular complexity index is 722. The van der Waals surface area contributed by atoms with E-state index in [-0.39, 0.29) is 10.7 Å². The summed E-state index contributed by atoms with van der Waals surface area (Å²) < 4.78 is 0. The normalized spacial score (nSPS) is 23.1. The number of aromatic nitrogens is 2. The van der Waals surface area contributed by atoms with Gasteiger partial charge in [-0.05, 0) is 30.9 Å². The Hall–Kier alpha value is -1.88. The lowest BCUT2D eigenvalue weighted by atomic mass is 9.74. The van der Waals surface area contributed by atoms with Gasteiger partial charge in [0.05, 0.1) is 10.7 Å². The van der Waals surface area contributed by atoms with Crippen molar-refractivity contribution in [2.24, 2.45) is 0 Å². The molecule has 4 nitrogen and oxygen atoms in total. The van der Waals surface area contributed by atoms with E-state index in [1.54, 1.807) is 12.3 Å². The minimum atomic E-state index is -0.353. The molecule has 2 atom stereocenters. The van der Waals surface area contributed by atoms with Gasteiger partial charge in [0.25, 0.3) is 0 Å². The van der Waals surface area contributed by atoms with Crippen molar-refractivity contribution in [2.75, 3.05) is 5.73 Å². The molecule has 0 radical (unpaired) electrons. The second kappa shape index (κ2) is 8.00. The third-order valence-corrected chi connectivity index (χ3v) is 6.18. The molecule has 1 fully saturated rings. The minimum absolute atomic E-state index is 0.0939. The molecular formula is C20H25N3OS. The number of rotatable bonds is 7. The van der Waals surface area contributed by atoms with Crippen LogP contribution in [0.1, 0.15) is 51.0 Å². The van der Waals surface area contributed by atoms with Crippen molar-refractivity contribution in [3.63, 3.8) is 0 Å². The molecule has 0 aliphatic heterocycles. The van der Waals surface area contributed by atoms with E-state index in [0.717, 1.165) is 44.1 Å². The fourth-order valence-electron chi connectivity index (χ4n) is 3.70. The molecule has 1 heterocycles. The monoisotopic (exact) mass is 355 g/mol. The maximum absolute atomic E-state index is 13.4. The van der Waals surface area contributed by atoms with Gasteiger partial charge in [-0.3, -0.25) is 4.79 Å². The maximum atomic E-state index is 13.4. The van der Waals surface area contributed by atoms with Crippen molar-refractivity contribution < 1.29 is 4.79 Å². The summed E-state index contributed by atoms with van der Waals surface area (Å²) in [4.78, 5) is 21.9. The lowest BCUT2D eigenvalue weighted by molar-refractivity contribution is -0.122. The first-order valence-corrected chi connectivity index (χ1v) is 9.89. The van der Waals surface area contributed by atoms with Gasteiger partial charge in [0.15, 0.2) is 10.9 Å². The number of hydrogen-bond donors (Lipinski definition) is 1. The average Bonchev–Trinajstić information content (AvgIpc) is 2.93. The smallest absolute Gasteiger partial charge is 0.190 e. The molecule has 5 heteroatoms. The van der Waals surface area contributed by atoms with Gasteiger partial charge in [0.1, 0.15) is 5.82 Å². The Morgan fingerprint density at radius 3 is 2.76 bits per heavy atom. The van der Waals surface area contributed by atoms with Crippen molar-refractivity contribution in [1.29, 1.82) is 0 Å². The van der Waals surface area contributed by atoms with E-state index in [0.29, 0.717) is 16.8 Å². The van der Waals surface area contributed by atoms with E-state index in [1.165, 1.54) is 11.8 Å². The predicted octanol–water partition coefficient (Wildman–Crippen LogP) is 4.40. The van der Waals surface area contributed by atoms with Crippen LogP contribution in [0.3, 0.4) is 0 Å². The van der Waals surface area contributed by atoms with Crippen LogP contribution in [0.2, 0.25) is 0 Å². The first kappa shape index (κ1) is 17.9. The van der Waals surface area contributed by atoms with Crippen LogP contribution in [0, 0.1) is 0 Å². The van der Waals surface area contributed by atoms with E-state index in [2.05, 4.69) is 29.0 Å². The zero-order valence-electron chi connectivity index (χ0n) is 14.6. The van der Waals surface area contributed by atoms with Gasteiger partial charge in [-0.1, -0.05) is 68.3 Å². The highest BCUT2D eigenvalue weighted by molar-refractivity contribution is 8.00. The van der Waals surface area contributed by atoms with E-state index >= 15 is 0 Å². The average molecular weight is 356 g/mol. The van der Waals surface area contributed by atoms with Crippen molar-refractivity contribution in [1.82, 2.24) is 9.97 Å². The Morgan fingerprint density at radius 1 is 1.24 bits per heavy atom. The SMILES string of the molecule is CCCCCC1(c2ccccc2)CCC(Sc2nccc(N)n2)C1=O. The van der Waals surface area contributed by atoms with Crippen molar-refractivity contribution in [3.8, 4) is 0 Å². The molecular weight excluding hydrogens is 330 g/mol. The number of Topliss-reactive ketones (excluding diaryl/α,β-unsaturated/α-hetero) is 1. The summed E-state index contributed by atoms with van der Waals surface area (Å²) in [7, 11) is 0. The lowest BCUT2D eigenvalue weighted by Crippen LogP contribution is -2.34. The molecule has 1 aromatic carbocycles. The van der Waals surface area contributed by atoms with E-state index in [9.17, 15) is 4.79 Å². The van der Waals surface area contributed by atoms with E-state index < -0.39 is 0 Å². The van der Waals surface area contributed by atoms with E-state index in [1.807, 2.05) is 18.2 Å². The van der Waals surface area contributed by atoms with Crippen molar-refractivity contribution >= 4 is 23.4 Å². The number of hydrogen-bond acceptors (Lipinski definition) is 5. The third-order valence-electron chi connectivity index (χ3n) is 5.03. The number of ketones is 1. The number of carbonyl (C=O) groups is 1. The number of unbranched alkanes of at least 4 members (excludes halogenated alkanes) is 2. The molecule has 0 amide bonds. The molecule has 1 aromatic heterocycles. The highest BCUT2D eigenvalue weighted by atomic mass is 32.2. The number of benzene rings is 1. The van der Waals surface area contributed by atoms with Gasteiger partial charge in [-0.25, -0.2) is 9.97 Å². The number of nitrogens with zero attached hydrogens (tertiary/aromatic N) is 2. The standard InChI is InChI=1S/C20H25N3OS/c1-2-3-7-12-20(15-8-5-4-6-9-15)13-10-16(18(20)24)25-19-22-14-11-17(21)23-19/h4-6,8-9,11,14,16H,2-3,7,10,12-13H2,1H3,(H2,21,22,23). The van der Waals surface area contributed by atoms with Gasteiger partial charge < -0.3 is 5.73 Å². The summed E-state index contributed by atoms with van der Waals surface area (Å²) >= 11 is 1.46. The Kier molecular flexibility index (Phi) is 5.74. The summed E-state index contributed by atoms with van der Waals surface area (Å²) in [5.41, 5.74) is 6.55. The Morgan fingerprint density at radius 2 is 2.04 bits per heavy atom. The van der Waals surface area contributed by atoms with Gasteiger partial charge >= 0.3 is 0 Å². The fraction of sp³-hybridized carbons (Fsp3) is 0.450. The fourth-order valence-corrected chi connectivity index (χ4v) is 4.81. The molecule has 2 aromatic rings. The zero-order valence-corrected chi connectivity index (χ0v) is 15.5. The number of anilines is 1. The number of thioether (sulfide) groups is 1. The molecule has 132 valence electrons. The van der Waals surface area contributed by atoms with Gasteiger partial charge in [0.2, 0.25) is 0 Å². The Labute approximate surface area is 153 Å². The molecule has 1 saturated carbocycles. The first-order chi connectivity index (χ1) is 12.2. The van der Waals surface area contributed by atoms with Gasteiger partial charge in [-0.15, -0.1) is 0 Å². The van der Waals surface area contributed by atoms with Crippen LogP contribution < -0.4 is 5.73 Å². The number of nitrogens with two attached hydrogens (primary N) is 1. The van der Waals surface area contributed by atoms with Crippen LogP contribution in [0.15, 0.2) is 47.8 Å². The molecule has 0 spiro atoms. The van der Waals surface area contributed by atoms with Crippen LogP contribution in [0.25, 0.3) is 0 Å². The number of nitrogen functional groups attached to an aromatic ring is 1. The summed E-state index contributed by atoms with van der Waals surface area (Å²) in [6.07, 6.45) is 7.76. The van der Waals surface area contributed by atoms with Crippen LogP contribution in [0.5, 0.6) is 0 Å². The topological polar surface area (TPSA) is 68.9 Å². The van der Waals surface area contributed by atoms with Crippen LogP contribution in [-0.2, 0) is 10.2 Å². The quantitative estimate of drug-likeness (QED) is 0.589. The van der Waals surface area contributed by atoms with Crippen LogP contribution in [-0.4, -0.2) is 21.0 Å². The molecule has 2 N–H and O–H groups in total. The second-order valence-electron chi connectivity index (χ2n) is 6.68. The van der Waals surface area contributed by atoms with E-state index in [4.69, 9.17) is 5.73 Å². The number of carbonyl (C=O) groups excluding carboxylic acids is 1. The molecule has 2 unspecified atom stereocenters. The largest absolute Gasteiger partial charge is 0.384 e. The summed E-state index contributed by atoms with van der Waals surface area (Å²) in [6, 6.07) is 12.0. The molecule has 0 bridgehead atoms. The summed E-state index contributed by atoms with van der Waals surface area (Å²) in [5, 5.41) is 0.499. The molecule has 3 rings (SSSR count). The summed E-state index contributed by atoms with van der Waals surface area (Å²) in [6.45, 7) is 2.20. The maximum Gasteiger partial charge on any atom is 0.190 e.